The molecule has 0 aliphatic heterocycles. The summed E-state index contributed by atoms with van der Waals surface area (Å²) in [6.45, 7) is 0.230. The van der Waals surface area contributed by atoms with Gasteiger partial charge in [0.05, 0.1) is 12.7 Å². The molecule has 0 saturated heterocycles. The second-order valence-electron chi connectivity index (χ2n) is 5.88. The van der Waals surface area contributed by atoms with Gasteiger partial charge in [-0.15, -0.1) is 0 Å². The molecule has 0 bridgehead atoms. The van der Waals surface area contributed by atoms with Crippen molar-refractivity contribution >= 4 is 17.5 Å². The fourth-order valence-corrected chi connectivity index (χ4v) is 2.49. The Hall–Kier alpha value is -3.54. The van der Waals surface area contributed by atoms with E-state index < -0.39 is 0 Å². The van der Waals surface area contributed by atoms with E-state index in [1.54, 1.807) is 37.4 Å². The van der Waals surface area contributed by atoms with Gasteiger partial charge in [-0.1, -0.05) is 30.3 Å². The van der Waals surface area contributed by atoms with Gasteiger partial charge in [-0.3, -0.25) is 9.59 Å². The van der Waals surface area contributed by atoms with E-state index in [0.717, 1.165) is 11.3 Å². The highest BCUT2D eigenvalue weighted by Crippen LogP contribution is 2.18. The molecule has 0 atom stereocenters. The Morgan fingerprint density at radius 3 is 2.44 bits per heavy atom. The first kappa shape index (κ1) is 18.3. The molecule has 2 amide bonds. The Bertz CT molecular complexity index is 901. The second kappa shape index (κ2) is 8.71. The lowest BCUT2D eigenvalue weighted by Gasteiger charge is -2.08. The molecule has 0 aliphatic carbocycles. The van der Waals surface area contributed by atoms with Crippen LogP contribution in [0.15, 0.2) is 71.3 Å². The molecule has 138 valence electrons. The SMILES string of the molecule is CNC(=O)Cc1ccc(NC(=O)c2occc2COc2ccccc2)cc1. The number of ether oxygens (including phenoxy) is 1. The molecule has 0 fully saturated rings. The summed E-state index contributed by atoms with van der Waals surface area (Å²) in [5.74, 6) is 0.508. The number of nitrogens with one attached hydrogen (secondary N) is 2. The zero-order valence-electron chi connectivity index (χ0n) is 14.9. The second-order valence-corrected chi connectivity index (χ2v) is 5.88. The zero-order valence-corrected chi connectivity index (χ0v) is 14.9. The van der Waals surface area contributed by atoms with Crippen LogP contribution in [-0.2, 0) is 17.8 Å². The normalized spacial score (nSPS) is 10.3. The van der Waals surface area contributed by atoms with Crippen molar-refractivity contribution in [3.63, 3.8) is 0 Å². The molecule has 3 aromatic rings. The van der Waals surface area contributed by atoms with Crippen molar-refractivity contribution in [1.82, 2.24) is 5.32 Å². The Morgan fingerprint density at radius 2 is 1.74 bits per heavy atom. The highest BCUT2D eigenvalue weighted by atomic mass is 16.5. The Labute approximate surface area is 157 Å². The molecule has 0 unspecified atom stereocenters. The van der Waals surface area contributed by atoms with Crippen LogP contribution in [0.25, 0.3) is 0 Å². The lowest BCUT2D eigenvalue weighted by molar-refractivity contribution is -0.119. The van der Waals surface area contributed by atoms with E-state index in [2.05, 4.69) is 10.6 Å². The third-order valence-electron chi connectivity index (χ3n) is 3.95. The minimum absolute atomic E-state index is 0.0644. The van der Waals surface area contributed by atoms with Crippen LogP contribution in [0.5, 0.6) is 5.75 Å². The lowest BCUT2D eigenvalue weighted by Crippen LogP contribution is -2.19. The first-order valence-electron chi connectivity index (χ1n) is 8.51. The van der Waals surface area contributed by atoms with Crippen LogP contribution in [0.4, 0.5) is 5.69 Å². The molecule has 0 spiro atoms. The number of carbonyl (C=O) groups excluding carboxylic acids is 2. The van der Waals surface area contributed by atoms with Crippen LogP contribution in [0.2, 0.25) is 0 Å². The third kappa shape index (κ3) is 4.98. The van der Waals surface area contributed by atoms with Gasteiger partial charge in [0.2, 0.25) is 5.91 Å². The number of para-hydroxylation sites is 1. The number of carbonyl (C=O) groups is 2. The summed E-state index contributed by atoms with van der Waals surface area (Å²) >= 11 is 0. The van der Waals surface area contributed by atoms with Crippen LogP contribution in [0.1, 0.15) is 21.7 Å². The van der Waals surface area contributed by atoms with Gasteiger partial charge in [0.25, 0.3) is 5.91 Å². The Balaban J connectivity index is 1.61. The van der Waals surface area contributed by atoms with E-state index in [9.17, 15) is 9.59 Å². The maximum absolute atomic E-state index is 12.5. The average Bonchev–Trinajstić information content (AvgIpc) is 3.17. The third-order valence-corrected chi connectivity index (χ3v) is 3.95. The van der Waals surface area contributed by atoms with Crippen molar-refractivity contribution < 1.29 is 18.7 Å². The largest absolute Gasteiger partial charge is 0.489 e. The summed E-state index contributed by atoms with van der Waals surface area (Å²) in [6, 6.07) is 18.2. The number of hydrogen-bond acceptors (Lipinski definition) is 4. The van der Waals surface area contributed by atoms with Gasteiger partial charge in [0, 0.05) is 18.3 Å². The van der Waals surface area contributed by atoms with Crippen LogP contribution in [0.3, 0.4) is 0 Å². The average molecular weight is 364 g/mol. The predicted octanol–water partition coefficient (Wildman–Crippen LogP) is 3.40. The van der Waals surface area contributed by atoms with Crippen LogP contribution >= 0.6 is 0 Å². The highest BCUT2D eigenvalue weighted by molar-refractivity contribution is 6.03. The maximum atomic E-state index is 12.5. The molecule has 2 N–H and O–H groups in total. The fourth-order valence-electron chi connectivity index (χ4n) is 2.49. The number of rotatable bonds is 7. The molecule has 1 heterocycles. The van der Waals surface area contributed by atoms with Crippen molar-refractivity contribution in [2.24, 2.45) is 0 Å². The van der Waals surface area contributed by atoms with Gasteiger partial charge >= 0.3 is 0 Å². The molecule has 6 heteroatoms. The standard InChI is InChI=1S/C21H20N2O4/c1-22-19(24)13-15-7-9-17(10-8-15)23-21(25)20-16(11-12-26-20)14-27-18-5-3-2-4-6-18/h2-12H,13-14H2,1H3,(H,22,24)(H,23,25). The molecule has 3 rings (SSSR count). The van der Waals surface area contributed by atoms with Crippen molar-refractivity contribution in [3.05, 3.63) is 83.8 Å². The van der Waals surface area contributed by atoms with Crippen LogP contribution < -0.4 is 15.4 Å². The van der Waals surface area contributed by atoms with Crippen molar-refractivity contribution in [3.8, 4) is 5.75 Å². The van der Waals surface area contributed by atoms with Gasteiger partial charge in [0.15, 0.2) is 5.76 Å². The van der Waals surface area contributed by atoms with Gasteiger partial charge in [-0.2, -0.15) is 0 Å². The fraction of sp³-hybridized carbons (Fsp3) is 0.143. The van der Waals surface area contributed by atoms with Gasteiger partial charge in [-0.05, 0) is 35.9 Å². The smallest absolute Gasteiger partial charge is 0.291 e. The highest BCUT2D eigenvalue weighted by Gasteiger charge is 2.16. The molecule has 0 radical (unpaired) electrons. The van der Waals surface area contributed by atoms with Crippen LogP contribution in [0, 0.1) is 0 Å². The lowest BCUT2D eigenvalue weighted by atomic mass is 10.1. The first-order valence-corrected chi connectivity index (χ1v) is 8.51. The monoisotopic (exact) mass is 364 g/mol. The summed E-state index contributed by atoms with van der Waals surface area (Å²) < 4.78 is 11.0. The van der Waals surface area contributed by atoms with Crippen molar-refractivity contribution in [2.75, 3.05) is 12.4 Å². The predicted molar refractivity (Wildman–Crippen MR) is 102 cm³/mol. The molecular formula is C21H20N2O4. The topological polar surface area (TPSA) is 80.6 Å². The molecule has 1 aromatic heterocycles. The van der Waals surface area contributed by atoms with Gasteiger partial charge in [-0.25, -0.2) is 0 Å². The Morgan fingerprint density at radius 1 is 1.00 bits per heavy atom. The molecule has 2 aromatic carbocycles. The number of anilines is 1. The molecule has 0 aliphatic rings. The van der Waals surface area contributed by atoms with Gasteiger partial charge < -0.3 is 19.8 Å². The molecule has 0 saturated carbocycles. The van der Waals surface area contributed by atoms with E-state index in [1.165, 1.54) is 6.26 Å². The van der Waals surface area contributed by atoms with Gasteiger partial charge in [0.1, 0.15) is 12.4 Å². The number of furan rings is 1. The van der Waals surface area contributed by atoms with E-state index in [-0.39, 0.29) is 24.2 Å². The number of benzene rings is 2. The van der Waals surface area contributed by atoms with Crippen molar-refractivity contribution in [2.45, 2.75) is 13.0 Å². The van der Waals surface area contributed by atoms with E-state index in [0.29, 0.717) is 17.7 Å². The number of amides is 2. The number of likely N-dealkylation sites (N-methyl/N-ethyl adjacent to an activating group) is 1. The molecule has 27 heavy (non-hydrogen) atoms. The van der Waals surface area contributed by atoms with E-state index in [1.807, 2.05) is 30.3 Å². The maximum Gasteiger partial charge on any atom is 0.291 e. The first-order chi connectivity index (χ1) is 13.2. The quantitative estimate of drug-likeness (QED) is 0.673. The van der Waals surface area contributed by atoms with Crippen LogP contribution in [-0.4, -0.2) is 18.9 Å². The summed E-state index contributed by atoms with van der Waals surface area (Å²) in [7, 11) is 1.60. The summed E-state index contributed by atoms with van der Waals surface area (Å²) in [6.07, 6.45) is 1.76. The summed E-state index contributed by atoms with van der Waals surface area (Å²) in [5.41, 5.74) is 2.14. The summed E-state index contributed by atoms with van der Waals surface area (Å²) in [5, 5.41) is 5.36. The minimum Gasteiger partial charge on any atom is -0.489 e. The molecular weight excluding hydrogens is 344 g/mol. The number of hydrogen-bond donors (Lipinski definition) is 2. The van der Waals surface area contributed by atoms with E-state index >= 15 is 0 Å². The Kier molecular flexibility index (Phi) is 5.89. The van der Waals surface area contributed by atoms with E-state index in [4.69, 9.17) is 9.15 Å². The summed E-state index contributed by atoms with van der Waals surface area (Å²) in [4.78, 5) is 23.9. The minimum atomic E-state index is -0.356. The molecule has 6 nitrogen and oxygen atoms in total. The van der Waals surface area contributed by atoms with Crippen molar-refractivity contribution in [1.29, 1.82) is 0 Å². The zero-order chi connectivity index (χ0) is 19.1.